The van der Waals surface area contributed by atoms with Crippen LogP contribution in [0.4, 0.5) is 0 Å². The molecule has 7 heavy (non-hydrogen) atoms. The Balaban J connectivity index is 0. The summed E-state index contributed by atoms with van der Waals surface area (Å²) >= 11 is 0. The van der Waals surface area contributed by atoms with Gasteiger partial charge in [0.2, 0.25) is 0 Å². The first-order chi connectivity index (χ1) is 2.91. The van der Waals surface area contributed by atoms with E-state index in [4.69, 9.17) is 5.53 Å². The van der Waals surface area contributed by atoms with Gasteiger partial charge in [-0.2, -0.15) is 0 Å². The minimum absolute atomic E-state index is 0. The molecule has 0 aromatic heterocycles. The van der Waals surface area contributed by atoms with E-state index in [1.54, 1.807) is 0 Å². The van der Waals surface area contributed by atoms with Crippen LogP contribution in [0.25, 0.3) is 10.4 Å². The Morgan fingerprint density at radius 3 is 2.43 bits per heavy atom. The van der Waals surface area contributed by atoms with Crippen LogP contribution in [0.5, 0.6) is 0 Å². The fourth-order valence-electron chi connectivity index (χ4n) is 0.0529. The summed E-state index contributed by atoms with van der Waals surface area (Å²) in [6.45, 7) is 4.52. The number of hydrogen-bond acceptors (Lipinski definition) is 2. The maximum Gasteiger partial charge on any atom is 1.00 e. The molecular weight excluding hydrogens is 102 g/mol. The molecule has 1 radical (unpaired) electrons. The molecule has 0 bridgehead atoms. The Hall–Kier alpha value is 0.0449. The van der Waals surface area contributed by atoms with Crippen molar-refractivity contribution in [3.63, 3.8) is 0 Å². The van der Waals surface area contributed by atoms with Gasteiger partial charge in [0.25, 0.3) is 0 Å². The summed E-state index contributed by atoms with van der Waals surface area (Å²) in [7, 11) is 0.917. The van der Waals surface area contributed by atoms with Crippen LogP contribution in [0.15, 0.2) is 9.93 Å². The van der Waals surface area contributed by atoms with Crippen LogP contribution in [0.2, 0.25) is 0 Å². The largest absolute Gasteiger partial charge is 1.00 e. The predicted octanol–water partition coefficient (Wildman–Crippen LogP) is -2.59. The summed E-state index contributed by atoms with van der Waals surface area (Å²) in [6.07, 6.45) is 0. The van der Waals surface area contributed by atoms with Gasteiger partial charge in [0.1, 0.15) is 0 Å². The van der Waals surface area contributed by atoms with E-state index < -0.39 is 0 Å². The molecule has 0 saturated heterocycles. The summed E-state index contributed by atoms with van der Waals surface area (Å²) < 4.78 is 0. The Morgan fingerprint density at radius 1 is 1.71 bits per heavy atom. The second kappa shape index (κ2) is 9.40. The first kappa shape index (κ1) is 10.1. The third kappa shape index (κ3) is 10.7. The number of hydrogen-bond donors (Lipinski definition) is 0. The SMILES string of the molecule is [CH-]=N[B]N=[N+]=[N-].[Na+]. The Morgan fingerprint density at radius 2 is 2.29 bits per heavy atom. The molecule has 0 aliphatic heterocycles. The van der Waals surface area contributed by atoms with Crippen LogP contribution < -0.4 is 29.6 Å². The van der Waals surface area contributed by atoms with Crippen molar-refractivity contribution in [2.75, 3.05) is 0 Å². The van der Waals surface area contributed by atoms with Crippen LogP contribution in [-0.4, -0.2) is 14.3 Å². The molecule has 0 atom stereocenters. The normalized spacial score (nSPS) is 4.57. The van der Waals surface area contributed by atoms with E-state index in [2.05, 4.69) is 21.6 Å². The summed E-state index contributed by atoms with van der Waals surface area (Å²) in [5.74, 6) is 0. The van der Waals surface area contributed by atoms with E-state index in [1.165, 1.54) is 0 Å². The Kier molecular flexibility index (Phi) is 13.6. The molecule has 0 spiro atoms. The molecule has 0 fully saturated rings. The quantitative estimate of drug-likeness (QED) is 0.0919. The third-order valence-corrected chi connectivity index (χ3v) is 0.170. The molecule has 0 rings (SSSR count). The summed E-state index contributed by atoms with van der Waals surface area (Å²) in [5.41, 5.74) is 7.51. The monoisotopic (exact) mass is 103 g/mol. The topological polar surface area (TPSA) is 61.1 Å². The molecule has 0 aromatic rings. The molecule has 0 aromatic carbocycles. The van der Waals surface area contributed by atoms with Gasteiger partial charge in [-0.05, 0) is 10.4 Å². The second-order valence-corrected chi connectivity index (χ2v) is 0.469. The van der Waals surface area contributed by atoms with E-state index in [0.717, 1.165) is 7.55 Å². The average Bonchev–Trinajstić information content (AvgIpc) is 1.61. The van der Waals surface area contributed by atoms with Crippen molar-refractivity contribution in [1.82, 2.24) is 0 Å². The van der Waals surface area contributed by atoms with Crippen LogP contribution in [0.3, 0.4) is 0 Å². The maximum absolute atomic E-state index is 7.51. The predicted molar refractivity (Wildman–Crippen MR) is 23.4 cm³/mol. The van der Waals surface area contributed by atoms with Gasteiger partial charge >= 0.3 is 37.1 Å². The zero-order valence-electron chi connectivity index (χ0n) is 3.94. The van der Waals surface area contributed by atoms with Crippen molar-refractivity contribution in [2.45, 2.75) is 0 Å². The van der Waals surface area contributed by atoms with Crippen LogP contribution in [-0.2, 0) is 0 Å². The van der Waals surface area contributed by atoms with Crippen molar-refractivity contribution in [3.8, 4) is 0 Å². The van der Waals surface area contributed by atoms with Gasteiger partial charge in [-0.1, -0.05) is 0 Å². The zero-order chi connectivity index (χ0) is 4.83. The zero-order valence-corrected chi connectivity index (χ0v) is 5.94. The summed E-state index contributed by atoms with van der Waals surface area (Å²) in [6, 6.07) is 0. The fourth-order valence-corrected chi connectivity index (χ4v) is 0.0529. The van der Waals surface area contributed by atoms with Crippen molar-refractivity contribution in [1.29, 1.82) is 0 Å². The molecule has 0 unspecified atom stereocenters. The average molecular weight is 103 g/mol. The van der Waals surface area contributed by atoms with Gasteiger partial charge in [-0.3, -0.25) is 0 Å². The third-order valence-electron chi connectivity index (χ3n) is 0.170. The molecular formula is CHBN4Na. The van der Waals surface area contributed by atoms with E-state index >= 15 is 0 Å². The molecule has 0 saturated carbocycles. The molecule has 29 valence electrons. The fraction of sp³-hybridized carbons (Fsp3) is 0. The van der Waals surface area contributed by atoms with Gasteiger partial charge in [0, 0.05) is 0 Å². The first-order valence-corrected chi connectivity index (χ1v) is 1.17. The van der Waals surface area contributed by atoms with Crippen molar-refractivity contribution in [2.24, 2.45) is 9.93 Å². The molecule has 0 N–H and O–H groups in total. The van der Waals surface area contributed by atoms with E-state index in [9.17, 15) is 0 Å². The van der Waals surface area contributed by atoms with Gasteiger partial charge in [-0.25, -0.2) is 0 Å². The summed E-state index contributed by atoms with van der Waals surface area (Å²) in [4.78, 5) is 5.20. The van der Waals surface area contributed by atoms with Gasteiger partial charge in [0.05, 0.1) is 0 Å². The summed E-state index contributed by atoms with van der Waals surface area (Å²) in [5, 5.41) is 2.85. The smallest absolute Gasteiger partial charge is 0.563 e. The second-order valence-electron chi connectivity index (χ2n) is 0.469. The molecule has 0 amide bonds. The minimum atomic E-state index is 0. The van der Waals surface area contributed by atoms with Gasteiger partial charge in [-0.15, -0.1) is 5.03 Å². The Bertz CT molecular complexity index is 85.7. The van der Waals surface area contributed by atoms with Crippen LogP contribution in [0.1, 0.15) is 0 Å². The van der Waals surface area contributed by atoms with E-state index in [-0.39, 0.29) is 29.6 Å². The first-order valence-electron chi connectivity index (χ1n) is 1.17. The van der Waals surface area contributed by atoms with Crippen LogP contribution >= 0.6 is 0 Å². The van der Waals surface area contributed by atoms with Gasteiger partial charge in [0.15, 0.2) is 0 Å². The van der Waals surface area contributed by atoms with E-state index in [0.29, 0.717) is 0 Å². The Labute approximate surface area is 64.2 Å². The van der Waals surface area contributed by atoms with Crippen molar-refractivity contribution >= 4 is 14.3 Å². The maximum atomic E-state index is 7.51. The van der Waals surface area contributed by atoms with Crippen molar-refractivity contribution < 1.29 is 29.6 Å². The van der Waals surface area contributed by atoms with Gasteiger partial charge < -0.3 is 11.6 Å². The molecule has 0 heterocycles. The molecule has 4 nitrogen and oxygen atoms in total. The number of azide groups is 1. The molecule has 0 aliphatic carbocycles. The molecule has 0 aliphatic rings. The number of rotatable bonds is 2. The standard InChI is InChI=1S/CHBN4.Na/c1-4-2-5-6-3;/h1H;/q-1;+1. The molecule has 6 heteroatoms. The minimum Gasteiger partial charge on any atom is -0.563 e. The number of nitrogens with zero attached hydrogens (tertiary/aromatic N) is 4. The van der Waals surface area contributed by atoms with Crippen LogP contribution in [0, 0.1) is 0 Å². The van der Waals surface area contributed by atoms with E-state index in [1.807, 2.05) is 0 Å². The van der Waals surface area contributed by atoms with Crippen molar-refractivity contribution in [3.05, 3.63) is 10.4 Å².